The van der Waals surface area contributed by atoms with Gasteiger partial charge in [0.15, 0.2) is 0 Å². The Labute approximate surface area is 110 Å². The molecule has 0 aromatic carbocycles. The van der Waals surface area contributed by atoms with Crippen molar-refractivity contribution in [1.29, 1.82) is 0 Å². The van der Waals surface area contributed by atoms with Crippen molar-refractivity contribution in [3.8, 4) is 0 Å². The highest BCUT2D eigenvalue weighted by Gasteiger charge is 2.25. The summed E-state index contributed by atoms with van der Waals surface area (Å²) in [6.45, 7) is 2.04. The number of nitrogens with one attached hydrogen (secondary N) is 1. The van der Waals surface area contributed by atoms with Gasteiger partial charge in [-0.15, -0.1) is 0 Å². The number of rotatable bonds is 6. The lowest BCUT2D eigenvalue weighted by Crippen LogP contribution is -2.46. The lowest BCUT2D eigenvalue weighted by Gasteiger charge is -2.28. The summed E-state index contributed by atoms with van der Waals surface area (Å²) in [5, 5.41) is 3.17. The fraction of sp³-hybridized carbons (Fsp3) is 0.929. The van der Waals surface area contributed by atoms with E-state index in [0.29, 0.717) is 25.2 Å². The average Bonchev–Trinajstić information content (AvgIpc) is 3.00. The van der Waals surface area contributed by atoms with Gasteiger partial charge < -0.3 is 11.1 Å². The molecule has 0 bridgehead atoms. The Balaban J connectivity index is 1.77. The lowest BCUT2D eigenvalue weighted by molar-refractivity contribution is -0.123. The average molecular weight is 253 g/mol. The van der Waals surface area contributed by atoms with Gasteiger partial charge in [0.25, 0.3) is 0 Å². The fourth-order valence-electron chi connectivity index (χ4n) is 3.35. The molecule has 2 rings (SSSR count). The Morgan fingerprint density at radius 3 is 2.33 bits per heavy atom. The molecular weight excluding hydrogens is 226 g/mol. The van der Waals surface area contributed by atoms with Crippen LogP contribution in [0.1, 0.15) is 51.4 Å². The minimum Gasteiger partial charge on any atom is -0.352 e. The van der Waals surface area contributed by atoms with Crippen LogP contribution in [0.2, 0.25) is 0 Å². The second kappa shape index (κ2) is 7.10. The summed E-state index contributed by atoms with van der Waals surface area (Å²) in [7, 11) is 0. The molecule has 1 amide bonds. The number of carbonyl (C=O) groups excluding carboxylic acids is 1. The van der Waals surface area contributed by atoms with Crippen LogP contribution in [-0.4, -0.2) is 42.5 Å². The van der Waals surface area contributed by atoms with E-state index in [1.165, 1.54) is 38.5 Å². The third-order valence-electron chi connectivity index (χ3n) is 4.32. The third kappa shape index (κ3) is 3.95. The maximum Gasteiger partial charge on any atom is 0.234 e. The number of nitrogens with two attached hydrogens (primary N) is 1. The molecule has 0 aliphatic heterocycles. The first-order valence-corrected chi connectivity index (χ1v) is 7.53. The molecule has 0 spiro atoms. The van der Waals surface area contributed by atoms with Crippen LogP contribution in [0.5, 0.6) is 0 Å². The zero-order valence-corrected chi connectivity index (χ0v) is 11.4. The van der Waals surface area contributed by atoms with Crippen LogP contribution in [0.4, 0.5) is 0 Å². The molecule has 0 aromatic heterocycles. The van der Waals surface area contributed by atoms with Gasteiger partial charge >= 0.3 is 0 Å². The largest absolute Gasteiger partial charge is 0.352 e. The molecule has 2 aliphatic rings. The molecule has 0 unspecified atom stereocenters. The highest BCUT2D eigenvalue weighted by molar-refractivity contribution is 5.78. The first-order chi connectivity index (χ1) is 8.79. The summed E-state index contributed by atoms with van der Waals surface area (Å²) in [5.74, 6) is 0.197. The van der Waals surface area contributed by atoms with Crippen molar-refractivity contribution in [2.24, 2.45) is 5.73 Å². The summed E-state index contributed by atoms with van der Waals surface area (Å²) < 4.78 is 0. The molecule has 0 atom stereocenters. The third-order valence-corrected chi connectivity index (χ3v) is 4.32. The molecule has 0 aromatic rings. The highest BCUT2D eigenvalue weighted by Crippen LogP contribution is 2.23. The summed E-state index contributed by atoms with van der Waals surface area (Å²) in [4.78, 5) is 14.3. The summed E-state index contributed by atoms with van der Waals surface area (Å²) in [6, 6.07) is 1.02. The van der Waals surface area contributed by atoms with E-state index in [1.54, 1.807) is 0 Å². The van der Waals surface area contributed by atoms with Crippen LogP contribution in [0.3, 0.4) is 0 Å². The molecule has 4 nitrogen and oxygen atoms in total. The van der Waals surface area contributed by atoms with Crippen molar-refractivity contribution in [3.63, 3.8) is 0 Å². The van der Waals surface area contributed by atoms with Gasteiger partial charge in [-0.3, -0.25) is 9.69 Å². The lowest BCUT2D eigenvalue weighted by atomic mass is 10.2. The molecule has 4 heteroatoms. The van der Waals surface area contributed by atoms with Crippen molar-refractivity contribution in [1.82, 2.24) is 10.2 Å². The van der Waals surface area contributed by atoms with Crippen LogP contribution in [-0.2, 0) is 4.79 Å². The Morgan fingerprint density at radius 2 is 1.72 bits per heavy atom. The first kappa shape index (κ1) is 13.8. The van der Waals surface area contributed by atoms with E-state index in [0.717, 1.165) is 19.4 Å². The molecule has 104 valence electrons. The molecule has 2 aliphatic carbocycles. The maximum atomic E-state index is 12.0. The van der Waals surface area contributed by atoms with Crippen LogP contribution >= 0.6 is 0 Å². The zero-order chi connectivity index (χ0) is 12.8. The van der Waals surface area contributed by atoms with Gasteiger partial charge in [0.05, 0.1) is 6.54 Å². The molecule has 2 saturated carbocycles. The second-order valence-corrected chi connectivity index (χ2v) is 5.75. The molecular formula is C14H27N3O. The smallest absolute Gasteiger partial charge is 0.234 e. The Bertz CT molecular complexity index is 258. The number of nitrogens with zero attached hydrogens (tertiary/aromatic N) is 1. The molecule has 2 fully saturated rings. The van der Waals surface area contributed by atoms with Crippen molar-refractivity contribution in [2.75, 3.05) is 19.6 Å². The Hall–Kier alpha value is -0.610. The number of hydrogen-bond donors (Lipinski definition) is 2. The molecule has 3 N–H and O–H groups in total. The van der Waals surface area contributed by atoms with Gasteiger partial charge in [0, 0.05) is 25.2 Å². The predicted molar refractivity (Wildman–Crippen MR) is 73.3 cm³/mol. The van der Waals surface area contributed by atoms with E-state index in [4.69, 9.17) is 5.73 Å². The van der Waals surface area contributed by atoms with Crippen LogP contribution in [0.15, 0.2) is 0 Å². The highest BCUT2D eigenvalue weighted by atomic mass is 16.2. The maximum absolute atomic E-state index is 12.0. The minimum atomic E-state index is 0.197. The monoisotopic (exact) mass is 253 g/mol. The van der Waals surface area contributed by atoms with Gasteiger partial charge in [0.1, 0.15) is 0 Å². The van der Waals surface area contributed by atoms with Crippen LogP contribution in [0, 0.1) is 0 Å². The van der Waals surface area contributed by atoms with Crippen LogP contribution < -0.4 is 11.1 Å². The Morgan fingerprint density at radius 1 is 1.11 bits per heavy atom. The minimum absolute atomic E-state index is 0.197. The van der Waals surface area contributed by atoms with E-state index in [9.17, 15) is 4.79 Å². The van der Waals surface area contributed by atoms with Crippen molar-refractivity contribution in [3.05, 3.63) is 0 Å². The summed E-state index contributed by atoms with van der Waals surface area (Å²) >= 11 is 0. The molecule has 0 heterocycles. The van der Waals surface area contributed by atoms with E-state index in [2.05, 4.69) is 10.2 Å². The molecule has 0 saturated heterocycles. The standard InChI is InChI=1S/C14H27N3O/c15-9-10-17(13-7-3-4-8-13)11-14(18)16-12-5-1-2-6-12/h12-13H,1-11,15H2,(H,16,18). The number of hydrogen-bond acceptors (Lipinski definition) is 3. The normalized spacial score (nSPS) is 21.9. The van der Waals surface area contributed by atoms with E-state index >= 15 is 0 Å². The zero-order valence-electron chi connectivity index (χ0n) is 11.4. The van der Waals surface area contributed by atoms with Gasteiger partial charge in [0.2, 0.25) is 5.91 Å². The SMILES string of the molecule is NCCN(CC(=O)NC1CCCC1)C1CCCC1. The first-order valence-electron chi connectivity index (χ1n) is 7.53. The Kier molecular flexibility index (Phi) is 5.45. The fourth-order valence-corrected chi connectivity index (χ4v) is 3.35. The van der Waals surface area contributed by atoms with E-state index in [-0.39, 0.29) is 5.91 Å². The van der Waals surface area contributed by atoms with E-state index < -0.39 is 0 Å². The molecule has 0 radical (unpaired) electrons. The quantitative estimate of drug-likeness (QED) is 0.749. The van der Waals surface area contributed by atoms with Gasteiger partial charge in [-0.05, 0) is 25.7 Å². The van der Waals surface area contributed by atoms with Crippen molar-refractivity contribution in [2.45, 2.75) is 63.5 Å². The predicted octanol–water partition coefficient (Wildman–Crippen LogP) is 1.25. The van der Waals surface area contributed by atoms with Gasteiger partial charge in [-0.2, -0.15) is 0 Å². The van der Waals surface area contributed by atoms with Gasteiger partial charge in [-0.25, -0.2) is 0 Å². The van der Waals surface area contributed by atoms with Crippen molar-refractivity contribution >= 4 is 5.91 Å². The number of carbonyl (C=O) groups is 1. The van der Waals surface area contributed by atoms with Crippen molar-refractivity contribution < 1.29 is 4.79 Å². The van der Waals surface area contributed by atoms with Gasteiger partial charge in [-0.1, -0.05) is 25.7 Å². The van der Waals surface area contributed by atoms with Crippen LogP contribution in [0.25, 0.3) is 0 Å². The van der Waals surface area contributed by atoms with E-state index in [1.807, 2.05) is 0 Å². The second-order valence-electron chi connectivity index (χ2n) is 5.75. The summed E-state index contributed by atoms with van der Waals surface area (Å²) in [6.07, 6.45) is 9.91. The number of amides is 1. The molecule has 18 heavy (non-hydrogen) atoms. The summed E-state index contributed by atoms with van der Waals surface area (Å²) in [5.41, 5.74) is 5.66. The topological polar surface area (TPSA) is 58.4 Å².